The predicted molar refractivity (Wildman–Crippen MR) is 330 cm³/mol. The van der Waals surface area contributed by atoms with Crippen LogP contribution in [0.15, 0.2) is 72.9 Å². The highest BCUT2D eigenvalue weighted by Gasteiger charge is 2.19. The molecule has 0 aliphatic carbocycles. The minimum absolute atomic E-state index is 0.0824. The van der Waals surface area contributed by atoms with E-state index in [-0.39, 0.29) is 31.1 Å². The first-order chi connectivity index (χ1) is 37.5. The van der Waals surface area contributed by atoms with Crippen molar-refractivity contribution in [3.8, 4) is 0 Å². The topological polar surface area (TPSA) is 78.9 Å². The second-order valence-corrected chi connectivity index (χ2v) is 22.0. The summed E-state index contributed by atoms with van der Waals surface area (Å²) in [4.78, 5) is 38.4. The highest BCUT2D eigenvalue weighted by atomic mass is 16.6. The molecule has 440 valence electrons. The van der Waals surface area contributed by atoms with Gasteiger partial charge < -0.3 is 14.2 Å². The van der Waals surface area contributed by atoms with Crippen molar-refractivity contribution in [2.45, 2.75) is 341 Å². The van der Waals surface area contributed by atoms with Crippen LogP contribution in [0, 0.1) is 0 Å². The summed E-state index contributed by atoms with van der Waals surface area (Å²) in [5.41, 5.74) is 0. The number of hydrogen-bond acceptors (Lipinski definition) is 6. The van der Waals surface area contributed by atoms with E-state index in [2.05, 4.69) is 93.7 Å². The fourth-order valence-electron chi connectivity index (χ4n) is 9.53. The van der Waals surface area contributed by atoms with Gasteiger partial charge in [-0.05, 0) is 89.9 Å². The Morgan fingerprint density at radius 2 is 0.513 bits per heavy atom. The van der Waals surface area contributed by atoms with Crippen molar-refractivity contribution in [2.75, 3.05) is 13.2 Å². The van der Waals surface area contributed by atoms with Gasteiger partial charge in [-0.3, -0.25) is 14.4 Å². The van der Waals surface area contributed by atoms with Gasteiger partial charge in [0, 0.05) is 19.3 Å². The quantitative estimate of drug-likeness (QED) is 0.0261. The molecule has 0 aliphatic heterocycles. The minimum Gasteiger partial charge on any atom is -0.462 e. The molecule has 6 nitrogen and oxygen atoms in total. The molecule has 0 N–H and O–H groups in total. The summed E-state index contributed by atoms with van der Waals surface area (Å²) in [7, 11) is 0. The molecular formula is C70H124O6. The molecule has 76 heavy (non-hydrogen) atoms. The Labute approximate surface area is 472 Å². The number of rotatable bonds is 60. The lowest BCUT2D eigenvalue weighted by Gasteiger charge is -2.18. The van der Waals surface area contributed by atoms with Gasteiger partial charge in [0.15, 0.2) is 6.10 Å². The van der Waals surface area contributed by atoms with Gasteiger partial charge >= 0.3 is 17.9 Å². The summed E-state index contributed by atoms with van der Waals surface area (Å²) in [6.45, 7) is 6.54. The van der Waals surface area contributed by atoms with E-state index in [1.54, 1.807) is 0 Å². The van der Waals surface area contributed by atoms with Crippen molar-refractivity contribution in [2.24, 2.45) is 0 Å². The monoisotopic (exact) mass is 1060 g/mol. The number of hydrogen-bond donors (Lipinski definition) is 0. The van der Waals surface area contributed by atoms with E-state index in [4.69, 9.17) is 14.2 Å². The second-order valence-electron chi connectivity index (χ2n) is 22.0. The lowest BCUT2D eigenvalue weighted by Crippen LogP contribution is -2.30. The molecule has 0 saturated carbocycles. The zero-order valence-corrected chi connectivity index (χ0v) is 50.5. The van der Waals surface area contributed by atoms with E-state index in [1.165, 1.54) is 180 Å². The van der Waals surface area contributed by atoms with Crippen LogP contribution in [0.3, 0.4) is 0 Å². The molecule has 0 aromatic rings. The van der Waals surface area contributed by atoms with Crippen molar-refractivity contribution >= 4 is 17.9 Å². The zero-order chi connectivity index (χ0) is 55.0. The van der Waals surface area contributed by atoms with Crippen LogP contribution in [0.1, 0.15) is 335 Å². The van der Waals surface area contributed by atoms with Crippen LogP contribution in [-0.2, 0) is 28.6 Å². The first-order valence-electron chi connectivity index (χ1n) is 32.9. The molecule has 0 aromatic carbocycles. The van der Waals surface area contributed by atoms with Crippen LogP contribution in [0.25, 0.3) is 0 Å². The van der Waals surface area contributed by atoms with Gasteiger partial charge in [-0.15, -0.1) is 0 Å². The Morgan fingerprint density at radius 3 is 0.803 bits per heavy atom. The lowest BCUT2D eigenvalue weighted by molar-refractivity contribution is -0.167. The molecular weight excluding hydrogens is 937 g/mol. The van der Waals surface area contributed by atoms with Gasteiger partial charge in [0.1, 0.15) is 13.2 Å². The largest absolute Gasteiger partial charge is 0.462 e. The van der Waals surface area contributed by atoms with E-state index >= 15 is 0 Å². The smallest absolute Gasteiger partial charge is 0.306 e. The standard InChI is InChI=1S/C70H124O6/c1-4-7-10-13-16-19-22-25-28-30-32-34-35-36-38-39-42-45-48-51-54-57-60-63-69(72)75-66-67(65-74-68(71)62-59-56-53-50-47-44-41-27-24-21-18-15-12-9-6-3)76-70(73)64-61-58-55-52-49-46-43-40-37-33-31-29-26-23-20-17-14-11-8-5-2/h9,12,18,21-22,25,27,30,32,35-36,41,67H,4-8,10-11,13-17,19-20,23-24,26,28-29,31,33-34,37-40,42-66H2,1-3H3/b12-9-,21-18-,25-22-,32-30-,36-35-,41-27-. The van der Waals surface area contributed by atoms with Crippen molar-refractivity contribution in [1.82, 2.24) is 0 Å². The van der Waals surface area contributed by atoms with Crippen molar-refractivity contribution < 1.29 is 28.6 Å². The summed E-state index contributed by atoms with van der Waals surface area (Å²) in [6.07, 6.45) is 83.4. The Hall–Kier alpha value is -3.15. The third kappa shape index (κ3) is 61.7. The van der Waals surface area contributed by atoms with Gasteiger partial charge in [-0.2, -0.15) is 0 Å². The maximum absolute atomic E-state index is 12.9. The Balaban J connectivity index is 4.35. The Kier molecular flexibility index (Phi) is 61.7. The van der Waals surface area contributed by atoms with Crippen LogP contribution >= 0.6 is 0 Å². The van der Waals surface area contributed by atoms with E-state index in [0.717, 1.165) is 116 Å². The highest BCUT2D eigenvalue weighted by molar-refractivity contribution is 5.71. The van der Waals surface area contributed by atoms with Crippen LogP contribution in [-0.4, -0.2) is 37.2 Å². The maximum Gasteiger partial charge on any atom is 0.306 e. The number of unbranched alkanes of at least 4 members (excludes halogenated alkanes) is 37. The molecule has 0 rings (SSSR count). The normalized spacial score (nSPS) is 12.5. The Bertz CT molecular complexity index is 1400. The van der Waals surface area contributed by atoms with Gasteiger partial charge in [0.05, 0.1) is 0 Å². The van der Waals surface area contributed by atoms with Gasteiger partial charge in [0.2, 0.25) is 0 Å². The maximum atomic E-state index is 12.9. The van der Waals surface area contributed by atoms with Crippen molar-refractivity contribution in [1.29, 1.82) is 0 Å². The summed E-state index contributed by atoms with van der Waals surface area (Å²) in [6, 6.07) is 0. The van der Waals surface area contributed by atoms with Gasteiger partial charge in [-0.1, -0.05) is 299 Å². The minimum atomic E-state index is -0.786. The summed E-state index contributed by atoms with van der Waals surface area (Å²) < 4.78 is 16.9. The van der Waals surface area contributed by atoms with Gasteiger partial charge in [0.25, 0.3) is 0 Å². The number of carbonyl (C=O) groups is 3. The summed E-state index contributed by atoms with van der Waals surface area (Å²) >= 11 is 0. The fraction of sp³-hybridized carbons (Fsp3) is 0.786. The average Bonchev–Trinajstić information content (AvgIpc) is 3.42. The van der Waals surface area contributed by atoms with E-state index < -0.39 is 6.10 Å². The van der Waals surface area contributed by atoms with E-state index in [1.807, 2.05) is 0 Å². The van der Waals surface area contributed by atoms with Crippen molar-refractivity contribution in [3.05, 3.63) is 72.9 Å². The van der Waals surface area contributed by atoms with Crippen molar-refractivity contribution in [3.63, 3.8) is 0 Å². The number of carbonyl (C=O) groups excluding carboxylic acids is 3. The second kappa shape index (κ2) is 64.4. The predicted octanol–water partition coefficient (Wildman–Crippen LogP) is 22.5. The third-order valence-corrected chi connectivity index (χ3v) is 14.4. The number of ether oxygens (including phenoxy) is 3. The summed E-state index contributed by atoms with van der Waals surface area (Å²) in [5, 5.41) is 0. The molecule has 0 radical (unpaired) electrons. The molecule has 0 aromatic heterocycles. The molecule has 0 saturated heterocycles. The van der Waals surface area contributed by atoms with Crippen LogP contribution in [0.2, 0.25) is 0 Å². The van der Waals surface area contributed by atoms with E-state index in [9.17, 15) is 14.4 Å². The Morgan fingerprint density at radius 1 is 0.276 bits per heavy atom. The molecule has 6 heteroatoms. The first kappa shape index (κ1) is 72.8. The van der Waals surface area contributed by atoms with Gasteiger partial charge in [-0.25, -0.2) is 0 Å². The highest BCUT2D eigenvalue weighted by Crippen LogP contribution is 2.17. The number of allylic oxidation sites excluding steroid dienone is 12. The van der Waals surface area contributed by atoms with Crippen LogP contribution in [0.4, 0.5) is 0 Å². The SMILES string of the molecule is CC/C=C\C/C=C\C/C=C\CCCCCCCC(=O)OCC(COC(=O)CCCCCCCCCC/C=C\C/C=C\C/C=C\CCCCCCC)OC(=O)CCCCCCCCCCCCCCCCCCCCCC. The molecule has 0 heterocycles. The third-order valence-electron chi connectivity index (χ3n) is 14.4. The number of esters is 3. The first-order valence-corrected chi connectivity index (χ1v) is 32.9. The molecule has 1 unspecified atom stereocenters. The molecule has 0 spiro atoms. The zero-order valence-electron chi connectivity index (χ0n) is 50.5. The molecule has 0 bridgehead atoms. The fourth-order valence-corrected chi connectivity index (χ4v) is 9.53. The molecule has 1 atom stereocenters. The average molecular weight is 1060 g/mol. The summed E-state index contributed by atoms with van der Waals surface area (Å²) in [5.74, 6) is -0.888. The molecule has 0 fully saturated rings. The van der Waals surface area contributed by atoms with Crippen LogP contribution in [0.5, 0.6) is 0 Å². The lowest BCUT2D eigenvalue weighted by atomic mass is 10.0. The van der Waals surface area contributed by atoms with E-state index in [0.29, 0.717) is 19.3 Å². The molecule has 0 aliphatic rings. The van der Waals surface area contributed by atoms with Crippen LogP contribution < -0.4 is 0 Å². The molecule has 0 amide bonds.